The molecule has 1 aromatic rings. The van der Waals surface area contributed by atoms with Crippen LogP contribution in [0.15, 0.2) is 24.3 Å². The van der Waals surface area contributed by atoms with Gasteiger partial charge in [-0.05, 0) is 38.4 Å². The number of likely N-dealkylation sites (N-methyl/N-ethyl adjacent to an activating group) is 1. The van der Waals surface area contributed by atoms with Crippen molar-refractivity contribution in [3.63, 3.8) is 0 Å². The van der Waals surface area contributed by atoms with Crippen molar-refractivity contribution in [1.29, 1.82) is 0 Å². The van der Waals surface area contributed by atoms with E-state index in [-0.39, 0.29) is 17.4 Å². The van der Waals surface area contributed by atoms with Crippen LogP contribution in [-0.2, 0) is 10.2 Å². The molecule has 1 N–H and O–H groups in total. The molecule has 2 aliphatic rings. The van der Waals surface area contributed by atoms with Gasteiger partial charge < -0.3 is 10.2 Å². The van der Waals surface area contributed by atoms with Crippen molar-refractivity contribution >= 4 is 17.5 Å². The van der Waals surface area contributed by atoms with Crippen LogP contribution in [0.25, 0.3) is 0 Å². The lowest BCUT2D eigenvalue weighted by atomic mass is 9.64. The van der Waals surface area contributed by atoms with E-state index >= 15 is 0 Å². The molecule has 0 spiro atoms. The third kappa shape index (κ3) is 3.61. The van der Waals surface area contributed by atoms with Gasteiger partial charge in [-0.1, -0.05) is 36.2 Å². The summed E-state index contributed by atoms with van der Waals surface area (Å²) >= 11 is 6.41. The van der Waals surface area contributed by atoms with Crippen LogP contribution in [0.2, 0.25) is 5.02 Å². The second-order valence-electron chi connectivity index (χ2n) is 7.35. The average molecular weight is 350 g/mol. The highest BCUT2D eigenvalue weighted by Gasteiger charge is 2.40. The van der Waals surface area contributed by atoms with E-state index < -0.39 is 0 Å². The van der Waals surface area contributed by atoms with Gasteiger partial charge in [0.1, 0.15) is 0 Å². The second kappa shape index (κ2) is 7.42. The van der Waals surface area contributed by atoms with E-state index in [2.05, 4.69) is 28.2 Å². The number of carbonyl (C=O) groups excluding carboxylic acids is 1. The molecule has 0 aromatic heterocycles. The number of rotatable bonds is 5. The van der Waals surface area contributed by atoms with Gasteiger partial charge in [0.2, 0.25) is 5.91 Å². The molecule has 1 aliphatic heterocycles. The Bertz CT molecular complexity index is 580. The van der Waals surface area contributed by atoms with Crippen LogP contribution in [0.1, 0.15) is 31.7 Å². The van der Waals surface area contributed by atoms with Crippen molar-refractivity contribution in [2.75, 3.05) is 39.8 Å². The highest BCUT2D eigenvalue weighted by atomic mass is 35.5. The molecule has 24 heavy (non-hydrogen) atoms. The number of carbonyl (C=O) groups is 1. The number of piperazine rings is 1. The average Bonchev–Trinajstić information content (AvgIpc) is 2.55. The number of hydrogen-bond acceptors (Lipinski definition) is 3. The molecule has 2 fully saturated rings. The second-order valence-corrected chi connectivity index (χ2v) is 7.75. The molecule has 5 heteroatoms. The van der Waals surface area contributed by atoms with Crippen LogP contribution in [0.5, 0.6) is 0 Å². The molecule has 1 atom stereocenters. The maximum Gasteiger partial charge on any atom is 0.237 e. The minimum atomic E-state index is -0.0675. The van der Waals surface area contributed by atoms with Crippen LogP contribution in [0, 0.1) is 0 Å². The Morgan fingerprint density at radius 1 is 1.25 bits per heavy atom. The molecule has 1 aliphatic carbocycles. The Kier molecular flexibility index (Phi) is 5.48. The van der Waals surface area contributed by atoms with Crippen molar-refractivity contribution in [2.45, 2.75) is 37.6 Å². The highest BCUT2D eigenvalue weighted by molar-refractivity contribution is 6.31. The molecule has 0 radical (unpaired) electrons. The maximum absolute atomic E-state index is 12.6. The quantitative estimate of drug-likeness (QED) is 0.887. The van der Waals surface area contributed by atoms with Crippen LogP contribution >= 0.6 is 11.6 Å². The molecule has 1 amide bonds. The number of benzene rings is 1. The number of nitrogens with one attached hydrogen (secondary N) is 1. The van der Waals surface area contributed by atoms with Gasteiger partial charge in [-0.2, -0.15) is 0 Å². The fraction of sp³-hybridized carbons (Fsp3) is 0.632. The number of amides is 1. The van der Waals surface area contributed by atoms with Crippen LogP contribution in [-0.4, -0.2) is 61.5 Å². The lowest BCUT2D eigenvalue weighted by molar-refractivity contribution is -0.127. The number of hydrogen-bond donors (Lipinski definition) is 1. The van der Waals surface area contributed by atoms with E-state index in [9.17, 15) is 4.79 Å². The molecular weight excluding hydrogens is 322 g/mol. The van der Waals surface area contributed by atoms with Gasteiger partial charge in [0.15, 0.2) is 0 Å². The van der Waals surface area contributed by atoms with Gasteiger partial charge in [0, 0.05) is 43.2 Å². The lowest BCUT2D eigenvalue weighted by Crippen LogP contribution is -2.55. The predicted octanol–water partition coefficient (Wildman–Crippen LogP) is 2.51. The first-order valence-corrected chi connectivity index (χ1v) is 9.35. The zero-order valence-corrected chi connectivity index (χ0v) is 15.5. The van der Waals surface area contributed by atoms with Gasteiger partial charge >= 0.3 is 0 Å². The smallest absolute Gasteiger partial charge is 0.237 e. The largest absolute Gasteiger partial charge is 0.354 e. The summed E-state index contributed by atoms with van der Waals surface area (Å²) in [5, 5.41) is 4.02. The van der Waals surface area contributed by atoms with E-state index in [0.717, 1.165) is 44.0 Å². The molecule has 3 rings (SSSR count). The molecule has 4 nitrogen and oxygen atoms in total. The molecular formula is C19H28ClN3O. The Labute approximate surface area is 150 Å². The fourth-order valence-corrected chi connectivity index (χ4v) is 4.15. The maximum atomic E-state index is 12.6. The zero-order chi connectivity index (χ0) is 17.2. The monoisotopic (exact) mass is 349 g/mol. The van der Waals surface area contributed by atoms with E-state index in [1.54, 1.807) is 0 Å². The van der Waals surface area contributed by atoms with Crippen molar-refractivity contribution in [3.05, 3.63) is 34.9 Å². The lowest BCUT2D eigenvalue weighted by Gasteiger charge is -2.43. The van der Waals surface area contributed by atoms with Crippen molar-refractivity contribution < 1.29 is 4.79 Å². The SMILES string of the molecule is C[C@H](C(=O)NCC1(c2ccccc2Cl)CCC1)N1CCN(C)CC1. The molecule has 0 bridgehead atoms. The summed E-state index contributed by atoms with van der Waals surface area (Å²) in [6.07, 6.45) is 3.40. The number of nitrogens with zero attached hydrogens (tertiary/aromatic N) is 2. The van der Waals surface area contributed by atoms with Gasteiger partial charge in [-0.15, -0.1) is 0 Å². The van der Waals surface area contributed by atoms with E-state index in [0.29, 0.717) is 6.54 Å². The van der Waals surface area contributed by atoms with E-state index in [1.807, 2.05) is 25.1 Å². The fourth-order valence-electron chi connectivity index (χ4n) is 3.82. The summed E-state index contributed by atoms with van der Waals surface area (Å²) in [7, 11) is 2.13. The third-order valence-corrected chi connectivity index (χ3v) is 6.15. The number of halogens is 1. The standard InChI is InChI=1S/C19H28ClN3O/c1-15(23-12-10-22(2)11-13-23)18(24)21-14-19(8-5-9-19)16-6-3-4-7-17(16)20/h3-4,6-7,15H,5,8-14H2,1-2H3,(H,21,24)/t15-/m1/s1. The van der Waals surface area contributed by atoms with Crippen LogP contribution in [0.4, 0.5) is 0 Å². The minimum Gasteiger partial charge on any atom is -0.354 e. The summed E-state index contributed by atoms with van der Waals surface area (Å²) in [6.45, 7) is 6.68. The normalized spacial score (nSPS) is 22.6. The molecule has 1 aromatic carbocycles. The molecule has 1 saturated heterocycles. The topological polar surface area (TPSA) is 35.6 Å². The molecule has 0 unspecified atom stereocenters. The Morgan fingerprint density at radius 3 is 2.50 bits per heavy atom. The Morgan fingerprint density at radius 2 is 1.92 bits per heavy atom. The van der Waals surface area contributed by atoms with E-state index in [1.165, 1.54) is 12.0 Å². The highest BCUT2D eigenvalue weighted by Crippen LogP contribution is 2.45. The van der Waals surface area contributed by atoms with Crippen molar-refractivity contribution in [2.24, 2.45) is 0 Å². The molecule has 1 heterocycles. The van der Waals surface area contributed by atoms with Crippen LogP contribution in [0.3, 0.4) is 0 Å². The zero-order valence-electron chi connectivity index (χ0n) is 14.7. The third-order valence-electron chi connectivity index (χ3n) is 5.82. The van der Waals surface area contributed by atoms with Gasteiger partial charge in [0.25, 0.3) is 0 Å². The Balaban J connectivity index is 1.59. The van der Waals surface area contributed by atoms with E-state index in [4.69, 9.17) is 11.6 Å². The van der Waals surface area contributed by atoms with Gasteiger partial charge in [-0.3, -0.25) is 9.69 Å². The van der Waals surface area contributed by atoms with Gasteiger partial charge in [-0.25, -0.2) is 0 Å². The summed E-state index contributed by atoms with van der Waals surface area (Å²) in [5.41, 5.74) is 1.21. The first-order chi connectivity index (χ1) is 11.5. The summed E-state index contributed by atoms with van der Waals surface area (Å²) in [6, 6.07) is 7.99. The summed E-state index contributed by atoms with van der Waals surface area (Å²) in [5.74, 6) is 0.137. The first kappa shape index (κ1) is 17.7. The summed E-state index contributed by atoms with van der Waals surface area (Å²) < 4.78 is 0. The first-order valence-electron chi connectivity index (χ1n) is 8.97. The predicted molar refractivity (Wildman–Crippen MR) is 98.5 cm³/mol. The van der Waals surface area contributed by atoms with Crippen molar-refractivity contribution in [3.8, 4) is 0 Å². The minimum absolute atomic E-state index is 0.0237. The molecule has 132 valence electrons. The summed E-state index contributed by atoms with van der Waals surface area (Å²) in [4.78, 5) is 17.2. The van der Waals surface area contributed by atoms with Gasteiger partial charge in [0.05, 0.1) is 6.04 Å². The molecule has 1 saturated carbocycles. The van der Waals surface area contributed by atoms with Crippen LogP contribution < -0.4 is 5.32 Å². The van der Waals surface area contributed by atoms with Crippen molar-refractivity contribution in [1.82, 2.24) is 15.1 Å². The Hall–Kier alpha value is -1.10.